The molecule has 1 amide bonds. The Labute approximate surface area is 145 Å². The van der Waals surface area contributed by atoms with Crippen LogP contribution in [0.15, 0.2) is 42.5 Å². The molecule has 0 aliphatic carbocycles. The summed E-state index contributed by atoms with van der Waals surface area (Å²) < 4.78 is 2.89. The van der Waals surface area contributed by atoms with E-state index in [-0.39, 0.29) is 11.9 Å². The molecule has 2 N–H and O–H groups in total. The van der Waals surface area contributed by atoms with Gasteiger partial charge in [-0.2, -0.15) is 0 Å². The van der Waals surface area contributed by atoms with Gasteiger partial charge in [-0.3, -0.25) is 4.79 Å². The van der Waals surface area contributed by atoms with Crippen molar-refractivity contribution >= 4 is 53.7 Å². The van der Waals surface area contributed by atoms with Gasteiger partial charge in [0.15, 0.2) is 7.12 Å². The SMILES string of the molecule is [B]SNc1ccc(C(=O)NC(C)c2ccc(Cl)cc2Cl)cc1. The van der Waals surface area contributed by atoms with Crippen molar-refractivity contribution < 1.29 is 4.79 Å². The second-order valence-corrected chi connectivity index (χ2v) is 5.94. The lowest BCUT2D eigenvalue weighted by atomic mass is 10.1. The highest BCUT2D eigenvalue weighted by atomic mass is 35.5. The maximum absolute atomic E-state index is 12.2. The summed E-state index contributed by atoms with van der Waals surface area (Å²) in [6.45, 7) is 1.87. The Kier molecular flexibility index (Phi) is 6.06. The standard InChI is InChI=1S/C15H13BCl2N2OS/c1-9(13-7-4-11(17)8-14(13)18)19-15(21)10-2-5-12(6-3-10)20-22-16/h2-9,20H,1H3,(H,19,21). The summed E-state index contributed by atoms with van der Waals surface area (Å²) in [5.74, 6) is -0.175. The summed E-state index contributed by atoms with van der Waals surface area (Å²) in [5.41, 5.74) is 2.21. The molecule has 2 aromatic rings. The fourth-order valence-electron chi connectivity index (χ4n) is 1.97. The fourth-order valence-corrected chi connectivity index (χ4v) is 2.81. The predicted molar refractivity (Wildman–Crippen MR) is 95.8 cm³/mol. The van der Waals surface area contributed by atoms with Crippen molar-refractivity contribution in [1.82, 2.24) is 5.32 Å². The summed E-state index contributed by atoms with van der Waals surface area (Å²) in [6.07, 6.45) is 0. The second-order valence-electron chi connectivity index (χ2n) is 4.66. The highest BCUT2D eigenvalue weighted by Gasteiger charge is 2.14. The van der Waals surface area contributed by atoms with E-state index in [1.54, 1.807) is 42.5 Å². The third kappa shape index (κ3) is 4.35. The quantitative estimate of drug-likeness (QED) is 0.610. The smallest absolute Gasteiger partial charge is 0.251 e. The number of benzene rings is 2. The minimum atomic E-state index is -0.227. The van der Waals surface area contributed by atoms with Crippen molar-refractivity contribution in [2.45, 2.75) is 13.0 Å². The molecule has 0 saturated heterocycles. The number of hydrogen-bond donors (Lipinski definition) is 2. The molecule has 1 atom stereocenters. The molecule has 0 bridgehead atoms. The summed E-state index contributed by atoms with van der Waals surface area (Å²) in [4.78, 5) is 12.2. The zero-order valence-electron chi connectivity index (χ0n) is 11.8. The normalized spacial score (nSPS) is 11.8. The zero-order valence-corrected chi connectivity index (χ0v) is 14.1. The van der Waals surface area contributed by atoms with Crippen LogP contribution in [0.4, 0.5) is 5.69 Å². The van der Waals surface area contributed by atoms with Gasteiger partial charge in [0.1, 0.15) is 0 Å². The van der Waals surface area contributed by atoms with Gasteiger partial charge in [0.05, 0.1) is 6.04 Å². The van der Waals surface area contributed by atoms with Crippen molar-refractivity contribution in [3.63, 3.8) is 0 Å². The van der Waals surface area contributed by atoms with E-state index in [0.717, 1.165) is 23.0 Å². The molecule has 0 aromatic heterocycles. The zero-order chi connectivity index (χ0) is 16.1. The van der Waals surface area contributed by atoms with E-state index < -0.39 is 0 Å². The maximum Gasteiger partial charge on any atom is 0.251 e. The molecule has 7 heteroatoms. The monoisotopic (exact) mass is 350 g/mol. The van der Waals surface area contributed by atoms with Gasteiger partial charge in [-0.1, -0.05) is 29.3 Å². The van der Waals surface area contributed by atoms with Crippen LogP contribution in [0.2, 0.25) is 10.0 Å². The first-order chi connectivity index (χ1) is 10.5. The third-order valence-electron chi connectivity index (χ3n) is 3.10. The molecule has 0 heterocycles. The van der Waals surface area contributed by atoms with Gasteiger partial charge in [0, 0.05) is 21.3 Å². The second kappa shape index (κ2) is 7.81. The van der Waals surface area contributed by atoms with Crippen LogP contribution in [-0.2, 0) is 0 Å². The van der Waals surface area contributed by atoms with Crippen molar-refractivity contribution in [3.8, 4) is 0 Å². The van der Waals surface area contributed by atoms with Crippen LogP contribution in [0.3, 0.4) is 0 Å². The molecule has 2 rings (SSSR count). The lowest BCUT2D eigenvalue weighted by Crippen LogP contribution is -2.26. The third-order valence-corrected chi connectivity index (χ3v) is 4.02. The minimum absolute atomic E-state index is 0.175. The first-order valence-electron chi connectivity index (χ1n) is 6.49. The Morgan fingerprint density at radius 3 is 2.45 bits per heavy atom. The van der Waals surface area contributed by atoms with Gasteiger partial charge >= 0.3 is 0 Å². The molecule has 0 aliphatic heterocycles. The molecule has 0 saturated carbocycles. The molecule has 0 spiro atoms. The van der Waals surface area contributed by atoms with Crippen LogP contribution in [0.25, 0.3) is 0 Å². The molecule has 3 nitrogen and oxygen atoms in total. The van der Waals surface area contributed by atoms with Gasteiger partial charge in [-0.25, -0.2) is 0 Å². The predicted octanol–water partition coefficient (Wildman–Crippen LogP) is 4.63. The largest absolute Gasteiger partial charge is 0.345 e. The van der Waals surface area contributed by atoms with Gasteiger partial charge in [-0.15, -0.1) is 11.8 Å². The maximum atomic E-state index is 12.2. The molecular formula is C15H13BCl2N2OS. The number of rotatable bonds is 5. The van der Waals surface area contributed by atoms with Crippen LogP contribution < -0.4 is 10.0 Å². The average molecular weight is 351 g/mol. The Balaban J connectivity index is 2.07. The van der Waals surface area contributed by atoms with Crippen LogP contribution in [0, 0.1) is 0 Å². The van der Waals surface area contributed by atoms with E-state index in [1.165, 1.54) is 0 Å². The molecule has 1 unspecified atom stereocenters. The Morgan fingerprint density at radius 2 is 1.86 bits per heavy atom. The number of hydrogen-bond acceptors (Lipinski definition) is 3. The fraction of sp³-hybridized carbons (Fsp3) is 0.133. The number of carbonyl (C=O) groups excluding carboxylic acids is 1. The van der Waals surface area contributed by atoms with Gasteiger partial charge in [-0.05, 0) is 48.9 Å². The van der Waals surface area contributed by atoms with Crippen molar-refractivity contribution in [3.05, 3.63) is 63.6 Å². The average Bonchev–Trinajstić information content (AvgIpc) is 2.48. The van der Waals surface area contributed by atoms with Crippen LogP contribution in [0.5, 0.6) is 0 Å². The van der Waals surface area contributed by atoms with Gasteiger partial charge < -0.3 is 10.0 Å². The number of nitrogens with one attached hydrogen (secondary N) is 2. The number of carbonyl (C=O) groups is 1. The van der Waals surface area contributed by atoms with Gasteiger partial charge in [0.25, 0.3) is 5.91 Å². The Bertz CT molecular complexity index is 667. The van der Waals surface area contributed by atoms with Gasteiger partial charge in [0.2, 0.25) is 0 Å². The van der Waals surface area contributed by atoms with Crippen LogP contribution in [-0.4, -0.2) is 13.0 Å². The van der Waals surface area contributed by atoms with E-state index in [9.17, 15) is 4.79 Å². The molecular weight excluding hydrogens is 338 g/mol. The highest BCUT2D eigenvalue weighted by Crippen LogP contribution is 2.26. The van der Waals surface area contributed by atoms with Crippen molar-refractivity contribution in [2.24, 2.45) is 0 Å². The van der Waals surface area contributed by atoms with E-state index in [1.807, 2.05) is 6.92 Å². The molecule has 2 radical (unpaired) electrons. The first kappa shape index (κ1) is 17.1. The molecule has 2 aromatic carbocycles. The van der Waals surface area contributed by atoms with E-state index in [0.29, 0.717) is 15.6 Å². The Hall–Kier alpha value is -1.30. The lowest BCUT2D eigenvalue weighted by Gasteiger charge is -2.16. The number of halogens is 2. The van der Waals surface area contributed by atoms with Crippen LogP contribution in [0.1, 0.15) is 28.9 Å². The highest BCUT2D eigenvalue weighted by molar-refractivity contribution is 8.20. The van der Waals surface area contributed by atoms with Crippen LogP contribution >= 0.6 is 35.0 Å². The van der Waals surface area contributed by atoms with E-state index in [2.05, 4.69) is 10.0 Å². The summed E-state index contributed by atoms with van der Waals surface area (Å²) in [5, 5.41) is 4.00. The molecule has 0 aliphatic rings. The summed E-state index contributed by atoms with van der Waals surface area (Å²) in [6, 6.07) is 12.0. The minimum Gasteiger partial charge on any atom is -0.345 e. The first-order valence-corrected chi connectivity index (χ1v) is 8.12. The van der Waals surface area contributed by atoms with Crippen molar-refractivity contribution in [1.29, 1.82) is 0 Å². The number of amides is 1. The Morgan fingerprint density at radius 1 is 1.18 bits per heavy atom. The molecule has 22 heavy (non-hydrogen) atoms. The molecule has 112 valence electrons. The van der Waals surface area contributed by atoms with E-state index >= 15 is 0 Å². The number of anilines is 1. The summed E-state index contributed by atoms with van der Waals surface area (Å²) >= 11 is 13.0. The lowest BCUT2D eigenvalue weighted by molar-refractivity contribution is 0.0940. The molecule has 0 fully saturated rings. The van der Waals surface area contributed by atoms with E-state index in [4.69, 9.17) is 30.3 Å². The summed E-state index contributed by atoms with van der Waals surface area (Å²) in [7, 11) is 5.32. The van der Waals surface area contributed by atoms with Crippen molar-refractivity contribution in [2.75, 3.05) is 4.72 Å². The topological polar surface area (TPSA) is 41.1 Å².